The van der Waals surface area contributed by atoms with Crippen LogP contribution in [-0.4, -0.2) is 47.8 Å². The van der Waals surface area contributed by atoms with Crippen molar-refractivity contribution in [3.63, 3.8) is 0 Å². The van der Waals surface area contributed by atoms with E-state index in [0.717, 1.165) is 37.6 Å². The molecule has 0 aliphatic carbocycles. The minimum atomic E-state index is 0.168. The zero-order valence-corrected chi connectivity index (χ0v) is 16.4. The minimum absolute atomic E-state index is 0.168. The topological polar surface area (TPSA) is 49.4 Å². The van der Waals surface area contributed by atoms with Crippen LogP contribution >= 0.6 is 35.4 Å². The molecular formula is C18H20Cl2N4OS. The Morgan fingerprint density at radius 1 is 1.23 bits per heavy atom. The Kier molecular flexibility index (Phi) is 7.05. The number of nitrogens with one attached hydrogen (secondary N) is 2. The van der Waals surface area contributed by atoms with Gasteiger partial charge < -0.3 is 15.4 Å². The molecule has 1 aliphatic rings. The first kappa shape index (κ1) is 19.3. The van der Waals surface area contributed by atoms with Crippen LogP contribution in [0.3, 0.4) is 0 Å². The van der Waals surface area contributed by atoms with Gasteiger partial charge in [0, 0.05) is 37.7 Å². The Balaban J connectivity index is 1.63. The number of aromatic nitrogens is 1. The highest BCUT2D eigenvalue weighted by molar-refractivity contribution is 7.80. The van der Waals surface area contributed by atoms with Gasteiger partial charge in [0.2, 0.25) is 0 Å². The molecule has 1 saturated heterocycles. The van der Waals surface area contributed by atoms with Crippen molar-refractivity contribution in [1.29, 1.82) is 0 Å². The van der Waals surface area contributed by atoms with Gasteiger partial charge in [-0.2, -0.15) is 0 Å². The summed E-state index contributed by atoms with van der Waals surface area (Å²) in [5.74, 6) is 0. The van der Waals surface area contributed by atoms with Crippen LogP contribution in [0, 0.1) is 0 Å². The molecule has 0 unspecified atom stereocenters. The summed E-state index contributed by atoms with van der Waals surface area (Å²) in [6.45, 7) is 3.91. The number of benzene rings is 1. The number of hydrogen-bond donors (Lipinski definition) is 2. The maximum Gasteiger partial charge on any atom is 0.170 e. The van der Waals surface area contributed by atoms with E-state index in [2.05, 4.69) is 26.6 Å². The fourth-order valence-electron chi connectivity index (χ4n) is 2.86. The highest BCUT2D eigenvalue weighted by Crippen LogP contribution is 2.25. The molecule has 3 rings (SSSR count). The fourth-order valence-corrected chi connectivity index (χ4v) is 3.36. The second kappa shape index (κ2) is 9.48. The van der Waals surface area contributed by atoms with Gasteiger partial charge in [-0.25, -0.2) is 0 Å². The summed E-state index contributed by atoms with van der Waals surface area (Å²) in [6, 6.07) is 9.53. The van der Waals surface area contributed by atoms with Gasteiger partial charge in [-0.15, -0.1) is 0 Å². The summed E-state index contributed by atoms with van der Waals surface area (Å²) >= 11 is 17.4. The van der Waals surface area contributed by atoms with Crippen LogP contribution < -0.4 is 10.6 Å². The summed E-state index contributed by atoms with van der Waals surface area (Å²) in [5.41, 5.74) is 1.94. The monoisotopic (exact) mass is 410 g/mol. The molecule has 1 aliphatic heterocycles. The lowest BCUT2D eigenvalue weighted by Gasteiger charge is -2.35. The van der Waals surface area contributed by atoms with Crippen molar-refractivity contribution in [2.45, 2.75) is 6.04 Å². The number of anilines is 1. The lowest BCUT2D eigenvalue weighted by Crippen LogP contribution is -2.44. The zero-order valence-electron chi connectivity index (χ0n) is 14.1. The lowest BCUT2D eigenvalue weighted by molar-refractivity contribution is 0.0170. The highest BCUT2D eigenvalue weighted by atomic mass is 35.5. The van der Waals surface area contributed by atoms with Crippen LogP contribution in [0.2, 0.25) is 10.0 Å². The summed E-state index contributed by atoms with van der Waals surface area (Å²) in [6.07, 6.45) is 3.68. The van der Waals surface area contributed by atoms with Crippen LogP contribution in [0.25, 0.3) is 0 Å². The third-order valence-corrected chi connectivity index (χ3v) is 5.17. The molecule has 0 radical (unpaired) electrons. The molecule has 1 aromatic heterocycles. The smallest absolute Gasteiger partial charge is 0.170 e. The van der Waals surface area contributed by atoms with E-state index in [4.69, 9.17) is 40.2 Å². The van der Waals surface area contributed by atoms with Crippen LogP contribution in [0.5, 0.6) is 0 Å². The minimum Gasteiger partial charge on any atom is -0.379 e. The number of pyridine rings is 1. The second-order valence-electron chi connectivity index (χ2n) is 5.91. The third-order valence-electron chi connectivity index (χ3n) is 4.19. The Bertz CT molecular complexity index is 741. The van der Waals surface area contributed by atoms with Gasteiger partial charge >= 0.3 is 0 Å². The van der Waals surface area contributed by atoms with Gasteiger partial charge in [0.25, 0.3) is 0 Å². The van der Waals surface area contributed by atoms with Crippen LogP contribution in [0.1, 0.15) is 11.6 Å². The Hall–Kier alpha value is -1.44. The number of thiocarbonyl (C=S) groups is 1. The van der Waals surface area contributed by atoms with Crippen molar-refractivity contribution in [2.24, 2.45) is 0 Å². The molecule has 2 heterocycles. The summed E-state index contributed by atoms with van der Waals surface area (Å²) in [7, 11) is 0. The van der Waals surface area contributed by atoms with Gasteiger partial charge in [-0.05, 0) is 42.0 Å². The largest absolute Gasteiger partial charge is 0.379 e. The highest BCUT2D eigenvalue weighted by Gasteiger charge is 2.23. The Morgan fingerprint density at radius 2 is 2.04 bits per heavy atom. The first-order valence-corrected chi connectivity index (χ1v) is 9.51. The number of nitrogens with zero attached hydrogens (tertiary/aromatic N) is 2. The van der Waals surface area contributed by atoms with Crippen LogP contribution in [0.4, 0.5) is 5.69 Å². The predicted octanol–water partition coefficient (Wildman–Crippen LogP) is 3.75. The number of morpholine rings is 1. The first-order chi connectivity index (χ1) is 12.6. The molecule has 138 valence electrons. The molecule has 0 spiro atoms. The molecule has 0 bridgehead atoms. The van der Waals surface area contributed by atoms with Crippen molar-refractivity contribution in [1.82, 2.24) is 15.2 Å². The lowest BCUT2D eigenvalue weighted by atomic mass is 10.1. The number of ether oxygens (including phenoxy) is 1. The molecule has 2 N–H and O–H groups in total. The van der Waals surface area contributed by atoms with E-state index in [-0.39, 0.29) is 6.04 Å². The van der Waals surface area contributed by atoms with E-state index in [1.165, 1.54) is 0 Å². The number of halogens is 2. The standard InChI is InChI=1S/C18H20Cl2N4OS/c19-15-4-3-14(10-16(15)20)23-18(26)22-12-17(13-2-1-5-21-11-13)24-6-8-25-9-7-24/h1-5,10-11,17H,6-9,12H2,(H2,22,23,26)/t17-/m1/s1. The second-order valence-corrected chi connectivity index (χ2v) is 7.14. The number of rotatable bonds is 5. The Labute approximate surface area is 168 Å². The van der Waals surface area contributed by atoms with Gasteiger partial charge in [-0.3, -0.25) is 9.88 Å². The van der Waals surface area contributed by atoms with E-state index < -0.39 is 0 Å². The maximum atomic E-state index is 6.05. The van der Waals surface area contributed by atoms with Crippen LogP contribution in [0.15, 0.2) is 42.7 Å². The maximum absolute atomic E-state index is 6.05. The van der Waals surface area contributed by atoms with E-state index in [0.29, 0.717) is 21.7 Å². The molecule has 1 aromatic carbocycles. The molecule has 1 fully saturated rings. The predicted molar refractivity (Wildman–Crippen MR) is 110 cm³/mol. The van der Waals surface area contributed by atoms with Crippen molar-refractivity contribution in [3.8, 4) is 0 Å². The summed E-state index contributed by atoms with van der Waals surface area (Å²) in [5, 5.41) is 7.97. The third kappa shape index (κ3) is 5.28. The van der Waals surface area contributed by atoms with Gasteiger partial charge in [0.05, 0.1) is 29.3 Å². The molecule has 0 amide bonds. The van der Waals surface area contributed by atoms with Crippen molar-refractivity contribution >= 4 is 46.2 Å². The molecule has 2 aromatic rings. The van der Waals surface area contributed by atoms with Crippen LogP contribution in [-0.2, 0) is 4.74 Å². The molecular weight excluding hydrogens is 391 g/mol. The average molecular weight is 411 g/mol. The van der Waals surface area contributed by atoms with Gasteiger partial charge in [0.15, 0.2) is 5.11 Å². The van der Waals surface area contributed by atoms with E-state index in [1.54, 1.807) is 18.3 Å². The average Bonchev–Trinajstić information content (AvgIpc) is 2.67. The quantitative estimate of drug-likeness (QED) is 0.731. The molecule has 5 nitrogen and oxygen atoms in total. The fraction of sp³-hybridized carbons (Fsp3) is 0.333. The van der Waals surface area contributed by atoms with E-state index in [9.17, 15) is 0 Å². The van der Waals surface area contributed by atoms with Gasteiger partial charge in [-0.1, -0.05) is 29.3 Å². The normalized spacial score (nSPS) is 16.1. The van der Waals surface area contributed by atoms with Crippen molar-refractivity contribution in [3.05, 3.63) is 58.3 Å². The summed E-state index contributed by atoms with van der Waals surface area (Å²) in [4.78, 5) is 6.64. The number of hydrogen-bond acceptors (Lipinski definition) is 4. The molecule has 26 heavy (non-hydrogen) atoms. The molecule has 8 heteroatoms. The van der Waals surface area contributed by atoms with E-state index in [1.807, 2.05) is 18.3 Å². The van der Waals surface area contributed by atoms with E-state index >= 15 is 0 Å². The first-order valence-electron chi connectivity index (χ1n) is 8.35. The van der Waals surface area contributed by atoms with Crippen molar-refractivity contribution < 1.29 is 4.74 Å². The molecule has 1 atom stereocenters. The SMILES string of the molecule is S=C(NC[C@H](c1cccnc1)N1CCOCC1)Nc1ccc(Cl)c(Cl)c1. The molecule has 0 saturated carbocycles. The zero-order chi connectivity index (χ0) is 18.4. The van der Waals surface area contributed by atoms with Crippen molar-refractivity contribution in [2.75, 3.05) is 38.2 Å². The Morgan fingerprint density at radius 3 is 2.73 bits per heavy atom. The summed E-state index contributed by atoms with van der Waals surface area (Å²) < 4.78 is 5.47. The van der Waals surface area contributed by atoms with Gasteiger partial charge in [0.1, 0.15) is 0 Å².